The van der Waals surface area contributed by atoms with Crippen molar-refractivity contribution in [2.24, 2.45) is 5.84 Å². The summed E-state index contributed by atoms with van der Waals surface area (Å²) in [4.78, 5) is 32.0. The van der Waals surface area contributed by atoms with Gasteiger partial charge in [-0.25, -0.2) is 19.6 Å². The molecule has 8 nitrogen and oxygen atoms in total. The average Bonchev–Trinajstić information content (AvgIpc) is 2.83. The van der Waals surface area contributed by atoms with Crippen molar-refractivity contribution in [2.45, 2.75) is 32.9 Å². The Kier molecular flexibility index (Phi) is 6.42. The summed E-state index contributed by atoms with van der Waals surface area (Å²) >= 11 is 0. The largest absolute Gasteiger partial charge is 0.327 e. The van der Waals surface area contributed by atoms with E-state index in [1.54, 1.807) is 41.7 Å². The quantitative estimate of drug-likeness (QED) is 0.315. The number of amides is 1. The van der Waals surface area contributed by atoms with Gasteiger partial charge in [-0.3, -0.25) is 19.7 Å². The monoisotopic (exact) mass is 463 g/mol. The second-order valence-corrected chi connectivity index (χ2v) is 7.99. The molecule has 0 spiro atoms. The lowest BCUT2D eigenvalue weighted by molar-refractivity contribution is 0.0170. The number of hydrogen-bond donors (Lipinski definition) is 2. The van der Waals surface area contributed by atoms with Gasteiger partial charge in [-0.15, -0.1) is 0 Å². The molecule has 0 aliphatic carbocycles. The summed E-state index contributed by atoms with van der Waals surface area (Å²) in [6.45, 7) is 2.96. The van der Waals surface area contributed by atoms with E-state index in [1.807, 2.05) is 13.0 Å². The van der Waals surface area contributed by atoms with Crippen molar-refractivity contribution in [2.75, 3.05) is 5.43 Å². The maximum atomic E-state index is 13.6. The molecular formula is C24H23F2N7O. The van der Waals surface area contributed by atoms with Crippen molar-refractivity contribution >= 4 is 22.6 Å². The Morgan fingerprint density at radius 1 is 1.06 bits per heavy atom. The Morgan fingerprint density at radius 3 is 2.50 bits per heavy atom. The van der Waals surface area contributed by atoms with Crippen molar-refractivity contribution in [3.8, 4) is 0 Å². The highest BCUT2D eigenvalue weighted by molar-refractivity contribution is 5.98. The molecule has 1 aromatic carbocycles. The van der Waals surface area contributed by atoms with Gasteiger partial charge in [0, 0.05) is 42.0 Å². The highest BCUT2D eigenvalue weighted by atomic mass is 19.3. The van der Waals surface area contributed by atoms with Gasteiger partial charge >= 0.3 is 0 Å². The number of benzene rings is 1. The summed E-state index contributed by atoms with van der Waals surface area (Å²) in [6, 6.07) is 9.91. The highest BCUT2D eigenvalue weighted by Crippen LogP contribution is 2.26. The third-order valence-electron chi connectivity index (χ3n) is 5.33. The van der Waals surface area contributed by atoms with E-state index in [0.29, 0.717) is 28.3 Å². The molecule has 3 heterocycles. The zero-order valence-electron chi connectivity index (χ0n) is 18.7. The number of nitrogens with one attached hydrogen (secondary N) is 1. The highest BCUT2D eigenvalue weighted by Gasteiger charge is 2.25. The van der Waals surface area contributed by atoms with Gasteiger partial charge in [0.2, 0.25) is 0 Å². The molecule has 0 radical (unpaired) electrons. The summed E-state index contributed by atoms with van der Waals surface area (Å²) in [5.41, 5.74) is 5.41. The molecule has 4 aromatic rings. The van der Waals surface area contributed by atoms with Gasteiger partial charge in [0.25, 0.3) is 11.8 Å². The Labute approximate surface area is 194 Å². The molecule has 0 fully saturated rings. The van der Waals surface area contributed by atoms with Crippen LogP contribution in [-0.2, 0) is 19.0 Å². The molecule has 34 heavy (non-hydrogen) atoms. The summed E-state index contributed by atoms with van der Waals surface area (Å²) in [5, 5.41) is 0.787. The van der Waals surface area contributed by atoms with E-state index in [4.69, 9.17) is 5.84 Å². The van der Waals surface area contributed by atoms with Crippen molar-refractivity contribution < 1.29 is 13.6 Å². The number of aromatic nitrogens is 4. The number of carbonyl (C=O) groups is 1. The Balaban J connectivity index is 1.66. The average molecular weight is 463 g/mol. The first-order chi connectivity index (χ1) is 16.2. The van der Waals surface area contributed by atoms with Crippen LogP contribution in [0.5, 0.6) is 0 Å². The van der Waals surface area contributed by atoms with E-state index in [2.05, 4.69) is 25.4 Å². The molecule has 1 amide bonds. The maximum absolute atomic E-state index is 13.6. The van der Waals surface area contributed by atoms with Crippen LogP contribution in [0.25, 0.3) is 10.9 Å². The molecule has 0 saturated carbocycles. The molecule has 3 N–H and O–H groups in total. The van der Waals surface area contributed by atoms with Crippen LogP contribution in [0, 0.1) is 6.92 Å². The molecular weight excluding hydrogens is 440 g/mol. The minimum Gasteiger partial charge on any atom is -0.327 e. The second kappa shape index (κ2) is 9.44. The molecule has 0 aliphatic heterocycles. The number of carbonyl (C=O) groups excluding carboxylic acids is 1. The maximum Gasteiger partial charge on any atom is 0.272 e. The molecule has 0 atom stereocenters. The first-order valence-electron chi connectivity index (χ1n) is 10.5. The number of nitrogens with zero attached hydrogens (tertiary/aromatic N) is 5. The lowest BCUT2D eigenvalue weighted by Gasteiger charge is -2.22. The fourth-order valence-electron chi connectivity index (χ4n) is 3.52. The van der Waals surface area contributed by atoms with E-state index in [1.165, 1.54) is 12.1 Å². The van der Waals surface area contributed by atoms with Crippen LogP contribution in [0.3, 0.4) is 0 Å². The molecule has 0 aliphatic rings. The predicted molar refractivity (Wildman–Crippen MR) is 124 cm³/mol. The van der Waals surface area contributed by atoms with Gasteiger partial charge in [-0.1, -0.05) is 0 Å². The van der Waals surface area contributed by atoms with Gasteiger partial charge in [0.15, 0.2) is 0 Å². The smallest absolute Gasteiger partial charge is 0.272 e. The standard InChI is InChI=1S/C24H23F2N7O/c1-15-9-17-10-16(3-6-21(17)31-22(15)32-27)23(34)33(14-20-12-28-7-8-29-20)13-19-5-4-18(11-30-19)24(2,25)26/h3-12H,13-14,27H2,1-2H3,(H,31,32). The number of alkyl halides is 2. The van der Waals surface area contributed by atoms with E-state index >= 15 is 0 Å². The third-order valence-corrected chi connectivity index (χ3v) is 5.33. The number of fused-ring (bicyclic) bond motifs is 1. The first-order valence-corrected chi connectivity index (χ1v) is 10.5. The van der Waals surface area contributed by atoms with E-state index in [0.717, 1.165) is 24.1 Å². The van der Waals surface area contributed by atoms with Gasteiger partial charge in [-0.2, -0.15) is 0 Å². The van der Waals surface area contributed by atoms with Gasteiger partial charge < -0.3 is 10.3 Å². The van der Waals surface area contributed by atoms with Crippen LogP contribution in [0.1, 0.15) is 39.8 Å². The zero-order valence-corrected chi connectivity index (χ0v) is 18.7. The SMILES string of the molecule is Cc1cc2cc(C(=O)N(Cc3ccc(C(C)(F)F)cn3)Cc3cnccn3)ccc2nc1NN. The van der Waals surface area contributed by atoms with Crippen molar-refractivity contribution in [1.29, 1.82) is 0 Å². The third kappa shape index (κ3) is 5.12. The van der Waals surface area contributed by atoms with Crippen LogP contribution in [-0.4, -0.2) is 30.7 Å². The molecule has 4 rings (SSSR count). The lowest BCUT2D eigenvalue weighted by Crippen LogP contribution is -2.31. The number of halogens is 2. The number of anilines is 1. The normalized spacial score (nSPS) is 11.4. The van der Waals surface area contributed by atoms with Gasteiger partial charge in [0.1, 0.15) is 5.82 Å². The van der Waals surface area contributed by atoms with E-state index in [9.17, 15) is 13.6 Å². The fourth-order valence-corrected chi connectivity index (χ4v) is 3.52. The van der Waals surface area contributed by atoms with E-state index in [-0.39, 0.29) is 24.6 Å². The second-order valence-electron chi connectivity index (χ2n) is 7.99. The predicted octanol–water partition coefficient (Wildman–Crippen LogP) is 3.97. The van der Waals surface area contributed by atoms with Gasteiger partial charge in [0.05, 0.1) is 36.2 Å². The Morgan fingerprint density at radius 2 is 1.85 bits per heavy atom. The summed E-state index contributed by atoms with van der Waals surface area (Å²) in [6.07, 6.45) is 5.79. The molecule has 0 saturated heterocycles. The number of hydrogen-bond acceptors (Lipinski definition) is 7. The first kappa shape index (κ1) is 23.1. The summed E-state index contributed by atoms with van der Waals surface area (Å²) < 4.78 is 27.1. The van der Waals surface area contributed by atoms with Crippen LogP contribution in [0.15, 0.2) is 61.2 Å². The van der Waals surface area contributed by atoms with E-state index < -0.39 is 5.92 Å². The lowest BCUT2D eigenvalue weighted by atomic mass is 10.1. The zero-order chi connectivity index (χ0) is 24.3. The summed E-state index contributed by atoms with van der Waals surface area (Å²) in [7, 11) is 0. The number of hydrazine groups is 1. The Bertz CT molecular complexity index is 1310. The van der Waals surface area contributed by atoms with Crippen LogP contribution >= 0.6 is 0 Å². The van der Waals surface area contributed by atoms with Crippen molar-refractivity contribution in [3.05, 3.63) is 89.3 Å². The number of nitrogens with two attached hydrogens (primary N) is 1. The number of nitrogen functional groups attached to an aromatic ring is 1. The number of aryl methyl sites for hydroxylation is 1. The van der Waals surface area contributed by atoms with Gasteiger partial charge in [-0.05, 0) is 48.9 Å². The summed E-state index contributed by atoms with van der Waals surface area (Å²) in [5.74, 6) is 2.81. The Hall–Kier alpha value is -4.05. The number of rotatable bonds is 7. The minimum atomic E-state index is -2.99. The fraction of sp³-hybridized carbons (Fsp3) is 0.208. The molecule has 174 valence electrons. The molecule has 3 aromatic heterocycles. The minimum absolute atomic E-state index is 0.107. The van der Waals surface area contributed by atoms with Crippen LogP contribution < -0.4 is 11.3 Å². The van der Waals surface area contributed by atoms with Crippen LogP contribution in [0.4, 0.5) is 14.6 Å². The molecule has 0 unspecified atom stereocenters. The topological polar surface area (TPSA) is 110 Å². The van der Waals surface area contributed by atoms with Crippen molar-refractivity contribution in [3.63, 3.8) is 0 Å². The molecule has 0 bridgehead atoms. The van der Waals surface area contributed by atoms with Crippen molar-refractivity contribution in [1.82, 2.24) is 24.8 Å². The van der Waals surface area contributed by atoms with Crippen LogP contribution in [0.2, 0.25) is 0 Å². The number of pyridine rings is 2. The molecule has 10 heteroatoms.